The summed E-state index contributed by atoms with van der Waals surface area (Å²) in [6.07, 6.45) is 3.37. The van der Waals surface area contributed by atoms with Crippen molar-refractivity contribution in [2.45, 2.75) is 12.1 Å². The molecule has 0 heterocycles. The Labute approximate surface area is 125 Å². The van der Waals surface area contributed by atoms with Gasteiger partial charge in [0.15, 0.2) is 0 Å². The van der Waals surface area contributed by atoms with E-state index in [1.807, 2.05) is 48.5 Å². The van der Waals surface area contributed by atoms with Crippen LogP contribution in [0.2, 0.25) is 0 Å². The molecule has 0 aliphatic heterocycles. The van der Waals surface area contributed by atoms with Crippen LogP contribution in [0.25, 0.3) is 0 Å². The molecule has 0 fully saturated rings. The molecule has 4 N–H and O–H groups in total. The predicted octanol–water partition coefficient (Wildman–Crippen LogP) is 3.85. The lowest BCUT2D eigenvalue weighted by Gasteiger charge is -2.17. The van der Waals surface area contributed by atoms with Gasteiger partial charge >= 0.3 is 0 Å². The van der Waals surface area contributed by atoms with Gasteiger partial charge in [-0.25, -0.2) is 0 Å². The van der Waals surface area contributed by atoms with Gasteiger partial charge in [0.1, 0.15) is 11.5 Å². The van der Waals surface area contributed by atoms with Gasteiger partial charge in [-0.3, -0.25) is 0 Å². The van der Waals surface area contributed by atoms with Gasteiger partial charge in [-0.2, -0.15) is 0 Å². The summed E-state index contributed by atoms with van der Waals surface area (Å²) in [5.74, 6) is 1.40. The third-order valence-electron chi connectivity index (χ3n) is 3.28. The fourth-order valence-corrected chi connectivity index (χ4v) is 2.07. The molecule has 0 aromatic heterocycles. The Morgan fingerprint density at radius 2 is 1.14 bits per heavy atom. The molecular formula is C18H20N2O. The van der Waals surface area contributed by atoms with E-state index in [0.717, 1.165) is 11.1 Å². The van der Waals surface area contributed by atoms with Crippen molar-refractivity contribution in [1.82, 2.24) is 0 Å². The summed E-state index contributed by atoms with van der Waals surface area (Å²) in [5.41, 5.74) is 13.8. The Balaban J connectivity index is 2.39. The molecule has 3 heteroatoms. The molecule has 0 amide bonds. The zero-order valence-electron chi connectivity index (χ0n) is 11.9. The zero-order chi connectivity index (χ0) is 15.2. The summed E-state index contributed by atoms with van der Waals surface area (Å²) in [6, 6.07) is 14.7. The number of hydrogen-bond acceptors (Lipinski definition) is 3. The lowest BCUT2D eigenvalue weighted by Crippen LogP contribution is -2.10. The number of rotatable bonds is 6. The molecule has 0 radical (unpaired) electrons. The van der Waals surface area contributed by atoms with E-state index in [4.69, 9.17) is 16.2 Å². The molecule has 2 atom stereocenters. The Morgan fingerprint density at radius 1 is 0.762 bits per heavy atom. The number of benzene rings is 2. The maximum absolute atomic E-state index is 6.03. The van der Waals surface area contributed by atoms with Gasteiger partial charge < -0.3 is 16.2 Å². The SMILES string of the molecule is C=CC(N)c1ccccc1Oc1ccccc1C(N)C=C. The number of nitrogens with two attached hydrogens (primary N) is 2. The lowest BCUT2D eigenvalue weighted by molar-refractivity contribution is 0.466. The fourth-order valence-electron chi connectivity index (χ4n) is 2.07. The number of ether oxygens (including phenoxy) is 1. The van der Waals surface area contributed by atoms with Crippen molar-refractivity contribution < 1.29 is 4.74 Å². The fraction of sp³-hybridized carbons (Fsp3) is 0.111. The van der Waals surface area contributed by atoms with E-state index in [1.165, 1.54) is 0 Å². The van der Waals surface area contributed by atoms with E-state index in [-0.39, 0.29) is 12.1 Å². The highest BCUT2D eigenvalue weighted by atomic mass is 16.5. The van der Waals surface area contributed by atoms with Gasteiger partial charge in [-0.1, -0.05) is 48.6 Å². The van der Waals surface area contributed by atoms with Crippen molar-refractivity contribution in [3.05, 3.63) is 85.0 Å². The highest BCUT2D eigenvalue weighted by molar-refractivity contribution is 5.44. The second-order valence-electron chi connectivity index (χ2n) is 4.70. The smallest absolute Gasteiger partial charge is 0.132 e. The number of hydrogen-bond donors (Lipinski definition) is 2. The topological polar surface area (TPSA) is 61.3 Å². The highest BCUT2D eigenvalue weighted by Gasteiger charge is 2.13. The molecule has 3 nitrogen and oxygen atoms in total. The minimum atomic E-state index is -0.276. The maximum atomic E-state index is 6.03. The molecule has 2 unspecified atom stereocenters. The minimum absolute atomic E-state index is 0.276. The minimum Gasteiger partial charge on any atom is -0.457 e. The molecule has 2 aromatic carbocycles. The first-order chi connectivity index (χ1) is 10.2. The van der Waals surface area contributed by atoms with Crippen molar-refractivity contribution in [2.24, 2.45) is 11.5 Å². The normalized spacial score (nSPS) is 13.2. The summed E-state index contributed by atoms with van der Waals surface area (Å²) < 4.78 is 6.03. The molecule has 0 bridgehead atoms. The summed E-state index contributed by atoms with van der Waals surface area (Å²) in [7, 11) is 0. The van der Waals surface area contributed by atoms with E-state index >= 15 is 0 Å². The van der Waals surface area contributed by atoms with Gasteiger partial charge in [0, 0.05) is 11.1 Å². The monoisotopic (exact) mass is 280 g/mol. The van der Waals surface area contributed by atoms with Crippen LogP contribution in [0.4, 0.5) is 0 Å². The first kappa shape index (κ1) is 15.0. The van der Waals surface area contributed by atoms with Gasteiger partial charge in [0.2, 0.25) is 0 Å². The second kappa shape index (κ2) is 6.88. The first-order valence-electron chi connectivity index (χ1n) is 6.79. The van der Waals surface area contributed by atoms with E-state index in [9.17, 15) is 0 Å². The third kappa shape index (κ3) is 3.40. The third-order valence-corrected chi connectivity index (χ3v) is 3.28. The molecular weight excluding hydrogens is 260 g/mol. The lowest BCUT2D eigenvalue weighted by atomic mass is 10.1. The van der Waals surface area contributed by atoms with Gasteiger partial charge in [0.05, 0.1) is 12.1 Å². The van der Waals surface area contributed by atoms with Crippen LogP contribution >= 0.6 is 0 Å². The van der Waals surface area contributed by atoms with Crippen LogP contribution in [-0.2, 0) is 0 Å². The molecule has 2 rings (SSSR count). The van der Waals surface area contributed by atoms with E-state index in [2.05, 4.69) is 13.2 Å². The summed E-state index contributed by atoms with van der Waals surface area (Å²) in [5, 5.41) is 0. The zero-order valence-corrected chi connectivity index (χ0v) is 11.9. The van der Waals surface area contributed by atoms with Crippen LogP contribution in [0.3, 0.4) is 0 Å². The highest BCUT2D eigenvalue weighted by Crippen LogP contribution is 2.33. The molecule has 0 aliphatic rings. The van der Waals surface area contributed by atoms with Crippen molar-refractivity contribution in [3.63, 3.8) is 0 Å². The summed E-state index contributed by atoms with van der Waals surface area (Å²) >= 11 is 0. The molecule has 108 valence electrons. The van der Waals surface area contributed by atoms with Gasteiger partial charge in [-0.15, -0.1) is 13.2 Å². The van der Waals surface area contributed by atoms with Gasteiger partial charge in [-0.05, 0) is 12.1 Å². The Bertz CT molecular complexity index is 581. The standard InChI is InChI=1S/C18H20N2O/c1-3-15(19)13-9-5-7-11-17(13)21-18-12-8-6-10-14(18)16(20)4-2/h3-12,15-16H,1-2,19-20H2. The largest absolute Gasteiger partial charge is 0.457 e. The van der Waals surface area contributed by atoms with Crippen LogP contribution in [0.15, 0.2) is 73.8 Å². The average Bonchev–Trinajstić information content (AvgIpc) is 2.54. The summed E-state index contributed by atoms with van der Waals surface area (Å²) in [6.45, 7) is 7.46. The van der Waals surface area contributed by atoms with Crippen LogP contribution in [0, 0.1) is 0 Å². The van der Waals surface area contributed by atoms with Crippen molar-refractivity contribution >= 4 is 0 Å². The second-order valence-corrected chi connectivity index (χ2v) is 4.70. The molecule has 0 saturated carbocycles. The van der Waals surface area contributed by atoms with Crippen LogP contribution in [-0.4, -0.2) is 0 Å². The molecule has 0 aliphatic carbocycles. The Morgan fingerprint density at radius 3 is 1.52 bits per heavy atom. The maximum Gasteiger partial charge on any atom is 0.132 e. The van der Waals surface area contributed by atoms with Crippen LogP contribution in [0.1, 0.15) is 23.2 Å². The van der Waals surface area contributed by atoms with Crippen molar-refractivity contribution in [3.8, 4) is 11.5 Å². The van der Waals surface area contributed by atoms with Gasteiger partial charge in [0.25, 0.3) is 0 Å². The molecule has 21 heavy (non-hydrogen) atoms. The van der Waals surface area contributed by atoms with Crippen LogP contribution < -0.4 is 16.2 Å². The summed E-state index contributed by atoms with van der Waals surface area (Å²) in [4.78, 5) is 0. The molecule has 2 aromatic rings. The predicted molar refractivity (Wildman–Crippen MR) is 87.2 cm³/mol. The van der Waals surface area contributed by atoms with E-state index in [1.54, 1.807) is 12.2 Å². The van der Waals surface area contributed by atoms with E-state index < -0.39 is 0 Å². The van der Waals surface area contributed by atoms with Crippen LogP contribution in [0.5, 0.6) is 11.5 Å². The quantitative estimate of drug-likeness (QED) is 0.790. The Kier molecular flexibility index (Phi) is 4.93. The van der Waals surface area contributed by atoms with E-state index in [0.29, 0.717) is 11.5 Å². The molecule has 0 saturated heterocycles. The molecule has 0 spiro atoms. The Hall–Kier alpha value is -2.36. The number of para-hydroxylation sites is 2. The average molecular weight is 280 g/mol. The first-order valence-corrected chi connectivity index (χ1v) is 6.79. The van der Waals surface area contributed by atoms with Crippen molar-refractivity contribution in [2.75, 3.05) is 0 Å². The van der Waals surface area contributed by atoms with Crippen molar-refractivity contribution in [1.29, 1.82) is 0 Å².